The molecule has 0 aliphatic rings. The first-order valence-electron chi connectivity index (χ1n) is 6.36. The van der Waals surface area contributed by atoms with Crippen LogP contribution in [-0.2, 0) is 6.42 Å². The van der Waals surface area contributed by atoms with Crippen LogP contribution in [-0.4, -0.2) is 16.9 Å². The summed E-state index contributed by atoms with van der Waals surface area (Å²) in [7, 11) is 0. The summed E-state index contributed by atoms with van der Waals surface area (Å²) in [5, 5.41) is 2.89. The molecule has 1 atom stereocenters. The fourth-order valence-corrected chi connectivity index (χ4v) is 1.94. The van der Waals surface area contributed by atoms with Crippen LogP contribution in [0.1, 0.15) is 28.7 Å². The number of hydrogen-bond acceptors (Lipinski definition) is 5. The molecule has 0 saturated carbocycles. The van der Waals surface area contributed by atoms with Gasteiger partial charge < -0.3 is 15.2 Å². The number of pyridine rings is 1. The first kappa shape index (κ1) is 14.1. The van der Waals surface area contributed by atoms with Crippen molar-refractivity contribution in [1.82, 2.24) is 10.3 Å². The minimum Gasteiger partial charge on any atom is -0.469 e. The average Bonchev–Trinajstić information content (AvgIpc) is 2.90. The maximum absolute atomic E-state index is 12.2. The lowest BCUT2D eigenvalue weighted by Crippen LogP contribution is -2.34. The number of nitrogens with one attached hydrogen (secondary N) is 2. The maximum atomic E-state index is 12.2. The van der Waals surface area contributed by atoms with Crippen LogP contribution in [0.15, 0.2) is 35.1 Å². The molecule has 2 heterocycles. The molecule has 0 aromatic carbocycles. The molecule has 0 radical (unpaired) electrons. The highest BCUT2D eigenvalue weighted by Gasteiger charge is 2.15. The molecule has 2 rings (SSSR count). The quantitative estimate of drug-likeness (QED) is 0.569. The summed E-state index contributed by atoms with van der Waals surface area (Å²) < 4.78 is 5.26. The largest absolute Gasteiger partial charge is 0.469 e. The van der Waals surface area contributed by atoms with Crippen molar-refractivity contribution in [2.24, 2.45) is 5.84 Å². The highest BCUT2D eigenvalue weighted by molar-refractivity contribution is 5.99. The van der Waals surface area contributed by atoms with Crippen LogP contribution in [0.2, 0.25) is 0 Å². The van der Waals surface area contributed by atoms with E-state index in [0.29, 0.717) is 17.7 Å². The predicted molar refractivity (Wildman–Crippen MR) is 76.1 cm³/mol. The van der Waals surface area contributed by atoms with Gasteiger partial charge >= 0.3 is 0 Å². The number of furan rings is 1. The Hall–Kier alpha value is -2.34. The molecule has 1 unspecified atom stereocenters. The van der Waals surface area contributed by atoms with Crippen molar-refractivity contribution in [3.05, 3.63) is 47.7 Å². The average molecular weight is 274 g/mol. The molecule has 1 amide bonds. The Morgan fingerprint density at radius 3 is 3.00 bits per heavy atom. The van der Waals surface area contributed by atoms with Gasteiger partial charge in [0.05, 0.1) is 17.5 Å². The summed E-state index contributed by atoms with van der Waals surface area (Å²) in [6, 6.07) is 5.37. The minimum absolute atomic E-state index is 0.0550. The normalized spacial score (nSPS) is 11.9. The summed E-state index contributed by atoms with van der Waals surface area (Å²) in [5.41, 5.74) is 4.28. The number of aromatic nitrogens is 1. The second-order valence-corrected chi connectivity index (χ2v) is 4.67. The second kappa shape index (κ2) is 6.21. The third kappa shape index (κ3) is 3.36. The van der Waals surface area contributed by atoms with Gasteiger partial charge in [-0.05, 0) is 32.0 Å². The number of amides is 1. The Morgan fingerprint density at radius 2 is 2.35 bits per heavy atom. The summed E-state index contributed by atoms with van der Waals surface area (Å²) in [4.78, 5) is 16.3. The van der Waals surface area contributed by atoms with E-state index < -0.39 is 0 Å². The lowest BCUT2D eigenvalue weighted by Gasteiger charge is -2.14. The molecular formula is C14H18N4O2. The van der Waals surface area contributed by atoms with E-state index >= 15 is 0 Å². The molecule has 0 fully saturated rings. The number of nitrogens with zero attached hydrogens (tertiary/aromatic N) is 1. The molecule has 6 heteroatoms. The number of nitrogen functional groups attached to an aromatic ring is 1. The summed E-state index contributed by atoms with van der Waals surface area (Å²) in [6.45, 7) is 3.75. The smallest absolute Gasteiger partial charge is 0.255 e. The molecule has 20 heavy (non-hydrogen) atoms. The van der Waals surface area contributed by atoms with E-state index in [-0.39, 0.29) is 11.9 Å². The van der Waals surface area contributed by atoms with Gasteiger partial charge in [0.1, 0.15) is 5.76 Å². The zero-order chi connectivity index (χ0) is 14.5. The fraction of sp³-hybridized carbons (Fsp3) is 0.286. The number of anilines is 1. The topological polar surface area (TPSA) is 93.2 Å². The van der Waals surface area contributed by atoms with Crippen molar-refractivity contribution in [3.8, 4) is 0 Å². The zero-order valence-corrected chi connectivity index (χ0v) is 11.5. The van der Waals surface area contributed by atoms with E-state index in [0.717, 1.165) is 11.5 Å². The third-order valence-corrected chi connectivity index (χ3v) is 2.91. The predicted octanol–water partition coefficient (Wildman–Crippen LogP) is 1.63. The van der Waals surface area contributed by atoms with Crippen LogP contribution in [0.5, 0.6) is 0 Å². The van der Waals surface area contributed by atoms with E-state index in [1.54, 1.807) is 12.3 Å². The van der Waals surface area contributed by atoms with Crippen molar-refractivity contribution >= 4 is 11.6 Å². The standard InChI is InChI=1S/C14H18N4O2/c1-9-7-13(18-15)12(8-16-9)14(19)17-10(2)6-11-4-3-5-20-11/h3-5,7-8,10H,6,15H2,1-2H3,(H,16,18)(H,17,19). The van der Waals surface area contributed by atoms with Gasteiger partial charge in [-0.25, -0.2) is 0 Å². The van der Waals surface area contributed by atoms with Gasteiger partial charge in [-0.15, -0.1) is 0 Å². The molecule has 0 bridgehead atoms. The summed E-state index contributed by atoms with van der Waals surface area (Å²) >= 11 is 0. The second-order valence-electron chi connectivity index (χ2n) is 4.67. The van der Waals surface area contributed by atoms with Crippen LogP contribution < -0.4 is 16.6 Å². The van der Waals surface area contributed by atoms with E-state index in [2.05, 4.69) is 15.7 Å². The van der Waals surface area contributed by atoms with Gasteiger partial charge in [0.25, 0.3) is 5.91 Å². The molecule has 2 aromatic heterocycles. The summed E-state index contributed by atoms with van der Waals surface area (Å²) in [6.07, 6.45) is 3.76. The van der Waals surface area contributed by atoms with Gasteiger partial charge in [-0.3, -0.25) is 15.6 Å². The maximum Gasteiger partial charge on any atom is 0.255 e. The number of carbonyl (C=O) groups excluding carboxylic acids is 1. The van der Waals surface area contributed by atoms with Crippen LogP contribution in [0.3, 0.4) is 0 Å². The SMILES string of the molecule is Cc1cc(NN)c(C(=O)NC(C)Cc2ccco2)cn1. The van der Waals surface area contributed by atoms with Crippen molar-refractivity contribution in [2.75, 3.05) is 5.43 Å². The van der Waals surface area contributed by atoms with E-state index in [1.165, 1.54) is 6.20 Å². The number of rotatable bonds is 5. The Morgan fingerprint density at radius 1 is 1.55 bits per heavy atom. The van der Waals surface area contributed by atoms with Gasteiger partial charge in [-0.1, -0.05) is 0 Å². The van der Waals surface area contributed by atoms with Crippen molar-refractivity contribution in [2.45, 2.75) is 26.3 Å². The zero-order valence-electron chi connectivity index (χ0n) is 11.5. The molecule has 0 spiro atoms. The first-order valence-corrected chi connectivity index (χ1v) is 6.36. The number of nitrogens with two attached hydrogens (primary N) is 1. The van der Waals surface area contributed by atoms with E-state index in [1.807, 2.05) is 26.0 Å². The molecule has 4 N–H and O–H groups in total. The van der Waals surface area contributed by atoms with Gasteiger partial charge in [0, 0.05) is 24.4 Å². The molecular weight excluding hydrogens is 256 g/mol. The number of hydrazine groups is 1. The van der Waals surface area contributed by atoms with E-state index in [4.69, 9.17) is 10.3 Å². The highest BCUT2D eigenvalue weighted by atomic mass is 16.3. The van der Waals surface area contributed by atoms with Gasteiger partial charge in [0.15, 0.2) is 0 Å². The lowest BCUT2D eigenvalue weighted by atomic mass is 10.1. The first-order chi connectivity index (χ1) is 9.60. The van der Waals surface area contributed by atoms with Crippen LogP contribution in [0, 0.1) is 6.92 Å². The van der Waals surface area contributed by atoms with E-state index in [9.17, 15) is 4.79 Å². The van der Waals surface area contributed by atoms with Gasteiger partial charge in [-0.2, -0.15) is 0 Å². The fourth-order valence-electron chi connectivity index (χ4n) is 1.94. The molecule has 6 nitrogen and oxygen atoms in total. The van der Waals surface area contributed by atoms with Crippen LogP contribution in [0.25, 0.3) is 0 Å². The van der Waals surface area contributed by atoms with Crippen molar-refractivity contribution < 1.29 is 9.21 Å². The Kier molecular flexibility index (Phi) is 4.37. The molecule has 0 saturated heterocycles. The lowest BCUT2D eigenvalue weighted by molar-refractivity contribution is 0.0939. The third-order valence-electron chi connectivity index (χ3n) is 2.91. The molecule has 0 aliphatic heterocycles. The number of aryl methyl sites for hydroxylation is 1. The Labute approximate surface area is 117 Å². The number of hydrogen-bond donors (Lipinski definition) is 3. The van der Waals surface area contributed by atoms with Crippen molar-refractivity contribution in [1.29, 1.82) is 0 Å². The Balaban J connectivity index is 2.04. The minimum atomic E-state index is -0.218. The number of carbonyl (C=O) groups is 1. The molecule has 2 aromatic rings. The monoisotopic (exact) mass is 274 g/mol. The van der Waals surface area contributed by atoms with Crippen molar-refractivity contribution in [3.63, 3.8) is 0 Å². The van der Waals surface area contributed by atoms with Crippen LogP contribution >= 0.6 is 0 Å². The molecule has 0 aliphatic carbocycles. The highest BCUT2D eigenvalue weighted by Crippen LogP contribution is 2.14. The summed E-state index contributed by atoms with van der Waals surface area (Å²) in [5.74, 6) is 6.04. The van der Waals surface area contributed by atoms with Gasteiger partial charge in [0.2, 0.25) is 0 Å². The molecule has 106 valence electrons. The Bertz CT molecular complexity index is 581. The van der Waals surface area contributed by atoms with Crippen LogP contribution in [0.4, 0.5) is 5.69 Å².